The maximum absolute atomic E-state index is 5.02. The van der Waals surface area contributed by atoms with Crippen LogP contribution in [0.15, 0.2) is 61.3 Å². The number of imidazole rings is 1. The van der Waals surface area contributed by atoms with Crippen molar-refractivity contribution in [2.45, 2.75) is 19.4 Å². The highest BCUT2D eigenvalue weighted by atomic mass is 15.4. The molecule has 0 unspecified atom stereocenters. The van der Waals surface area contributed by atoms with Crippen molar-refractivity contribution in [1.82, 2.24) is 29.3 Å². The van der Waals surface area contributed by atoms with Gasteiger partial charge in [-0.2, -0.15) is 10.1 Å². The highest BCUT2D eigenvalue weighted by Gasteiger charge is 2.32. The molecule has 4 heterocycles. The third-order valence-electron chi connectivity index (χ3n) is 5.56. The van der Waals surface area contributed by atoms with Crippen molar-refractivity contribution in [2.24, 2.45) is 7.05 Å². The van der Waals surface area contributed by atoms with Crippen molar-refractivity contribution in [3.8, 4) is 17.3 Å². The molecule has 0 N–H and O–H groups in total. The Bertz CT molecular complexity index is 1160. The predicted molar refractivity (Wildman–Crippen MR) is 117 cm³/mol. The summed E-state index contributed by atoms with van der Waals surface area (Å²) in [5.74, 6) is 2.31. The van der Waals surface area contributed by atoms with Crippen LogP contribution in [-0.2, 0) is 7.05 Å². The monoisotopic (exact) mass is 400 g/mol. The Morgan fingerprint density at radius 2 is 1.90 bits per heavy atom. The Kier molecular flexibility index (Phi) is 4.46. The lowest BCUT2D eigenvalue weighted by Crippen LogP contribution is -2.45. The van der Waals surface area contributed by atoms with E-state index in [-0.39, 0.29) is 0 Å². The standard InChI is InChI=1S/C22H24N8/c1-4-17-14-27(2)19-13-24-22(26-21(19)30(17)18-12-25-28(3)15-18)29-11-10-23-20(29)16-8-6-5-7-9-16/h5-13,15,17H,4,14H2,1-3H3/t17-/m0/s1. The maximum atomic E-state index is 5.02. The van der Waals surface area contributed by atoms with E-state index in [2.05, 4.69) is 38.8 Å². The van der Waals surface area contributed by atoms with E-state index in [0.717, 1.165) is 41.5 Å². The SMILES string of the molecule is CC[C@H]1CN(C)c2cnc(-n3ccnc3-c3ccccc3)nc2N1c1cnn(C)c1. The molecule has 0 amide bonds. The third-order valence-corrected chi connectivity index (χ3v) is 5.56. The molecule has 0 radical (unpaired) electrons. The molecule has 1 aliphatic heterocycles. The molecule has 3 aromatic heterocycles. The molecule has 0 saturated carbocycles. The first-order chi connectivity index (χ1) is 14.7. The Balaban J connectivity index is 1.65. The fourth-order valence-corrected chi connectivity index (χ4v) is 4.03. The predicted octanol–water partition coefficient (Wildman–Crippen LogP) is 3.43. The largest absolute Gasteiger partial charge is 0.368 e. The fraction of sp³-hybridized carbons (Fsp3) is 0.273. The second-order valence-electron chi connectivity index (χ2n) is 7.55. The normalized spacial score (nSPS) is 16.0. The third kappa shape index (κ3) is 3.01. The van der Waals surface area contributed by atoms with Crippen LogP contribution in [0.5, 0.6) is 0 Å². The number of likely N-dealkylation sites (N-methyl/N-ethyl adjacent to an activating group) is 1. The molecule has 152 valence electrons. The first-order valence-electron chi connectivity index (χ1n) is 10.1. The number of hydrogen-bond donors (Lipinski definition) is 0. The summed E-state index contributed by atoms with van der Waals surface area (Å²) in [7, 11) is 4.03. The van der Waals surface area contributed by atoms with Gasteiger partial charge in [-0.05, 0) is 6.42 Å². The molecule has 1 atom stereocenters. The van der Waals surface area contributed by atoms with Crippen LogP contribution in [-0.4, -0.2) is 48.9 Å². The van der Waals surface area contributed by atoms with Gasteiger partial charge in [0.2, 0.25) is 5.95 Å². The summed E-state index contributed by atoms with van der Waals surface area (Å²) in [6, 6.07) is 10.4. The second kappa shape index (κ2) is 7.29. The van der Waals surface area contributed by atoms with Crippen LogP contribution in [0.4, 0.5) is 17.2 Å². The van der Waals surface area contributed by atoms with Crippen molar-refractivity contribution in [3.63, 3.8) is 0 Å². The number of anilines is 3. The van der Waals surface area contributed by atoms with Gasteiger partial charge in [0.05, 0.1) is 29.8 Å². The summed E-state index contributed by atoms with van der Waals surface area (Å²) in [6.07, 6.45) is 10.5. The Morgan fingerprint density at radius 1 is 1.07 bits per heavy atom. The van der Waals surface area contributed by atoms with Crippen molar-refractivity contribution in [1.29, 1.82) is 0 Å². The molecular weight excluding hydrogens is 376 g/mol. The lowest BCUT2D eigenvalue weighted by Gasteiger charge is -2.41. The number of fused-ring (bicyclic) bond motifs is 1. The van der Waals surface area contributed by atoms with Crippen molar-refractivity contribution in [3.05, 3.63) is 61.3 Å². The topological polar surface area (TPSA) is 67.9 Å². The zero-order valence-electron chi connectivity index (χ0n) is 17.3. The number of aryl methyl sites for hydroxylation is 1. The molecule has 0 aliphatic carbocycles. The molecule has 4 aromatic rings. The van der Waals surface area contributed by atoms with Gasteiger partial charge in [0.1, 0.15) is 5.82 Å². The van der Waals surface area contributed by atoms with E-state index >= 15 is 0 Å². The lowest BCUT2D eigenvalue weighted by molar-refractivity contribution is 0.594. The van der Waals surface area contributed by atoms with Gasteiger partial charge >= 0.3 is 0 Å². The molecule has 0 spiro atoms. The van der Waals surface area contributed by atoms with E-state index < -0.39 is 0 Å². The minimum atomic E-state index is 0.297. The summed E-state index contributed by atoms with van der Waals surface area (Å²) in [5.41, 5.74) is 3.07. The van der Waals surface area contributed by atoms with Crippen molar-refractivity contribution in [2.75, 3.05) is 23.4 Å². The zero-order valence-corrected chi connectivity index (χ0v) is 17.3. The van der Waals surface area contributed by atoms with E-state index in [4.69, 9.17) is 4.98 Å². The Labute approximate surface area is 175 Å². The zero-order chi connectivity index (χ0) is 20.7. The second-order valence-corrected chi connectivity index (χ2v) is 7.55. The van der Waals surface area contributed by atoms with Gasteiger partial charge in [-0.15, -0.1) is 0 Å². The van der Waals surface area contributed by atoms with Gasteiger partial charge in [-0.3, -0.25) is 9.25 Å². The van der Waals surface area contributed by atoms with Gasteiger partial charge < -0.3 is 9.80 Å². The van der Waals surface area contributed by atoms with E-state index in [0.29, 0.717) is 12.0 Å². The van der Waals surface area contributed by atoms with Gasteiger partial charge in [-0.1, -0.05) is 37.3 Å². The molecule has 8 heteroatoms. The highest BCUT2D eigenvalue weighted by molar-refractivity contribution is 5.76. The Morgan fingerprint density at radius 3 is 2.63 bits per heavy atom. The molecular formula is C22H24N8. The quantitative estimate of drug-likeness (QED) is 0.523. The molecule has 1 aromatic carbocycles. The van der Waals surface area contributed by atoms with E-state index in [1.165, 1.54) is 0 Å². The van der Waals surface area contributed by atoms with E-state index in [1.54, 1.807) is 6.20 Å². The number of hydrogen-bond acceptors (Lipinski definition) is 6. The lowest BCUT2D eigenvalue weighted by atomic mass is 10.1. The van der Waals surface area contributed by atoms with E-state index in [9.17, 15) is 0 Å². The van der Waals surface area contributed by atoms with Crippen molar-refractivity contribution < 1.29 is 0 Å². The average molecular weight is 400 g/mol. The smallest absolute Gasteiger partial charge is 0.237 e. The van der Waals surface area contributed by atoms with Gasteiger partial charge in [0, 0.05) is 44.8 Å². The summed E-state index contributed by atoms with van der Waals surface area (Å²) in [4.78, 5) is 18.8. The number of benzene rings is 1. The number of aromatic nitrogens is 6. The fourth-order valence-electron chi connectivity index (χ4n) is 4.03. The number of nitrogens with zero attached hydrogens (tertiary/aromatic N) is 8. The molecule has 8 nitrogen and oxygen atoms in total. The molecule has 0 bridgehead atoms. The molecule has 5 rings (SSSR count). The van der Waals surface area contributed by atoms with Gasteiger partial charge in [-0.25, -0.2) is 9.97 Å². The molecule has 0 fully saturated rings. The average Bonchev–Trinajstić information content (AvgIpc) is 3.43. The highest BCUT2D eigenvalue weighted by Crippen LogP contribution is 2.39. The van der Waals surface area contributed by atoms with Crippen LogP contribution in [0, 0.1) is 0 Å². The van der Waals surface area contributed by atoms with Crippen molar-refractivity contribution >= 4 is 17.2 Å². The van der Waals surface area contributed by atoms with Crippen LogP contribution in [0.25, 0.3) is 17.3 Å². The van der Waals surface area contributed by atoms with Crippen LogP contribution in [0.3, 0.4) is 0 Å². The van der Waals surface area contributed by atoms with Gasteiger partial charge in [0.15, 0.2) is 5.82 Å². The van der Waals surface area contributed by atoms with Crippen LogP contribution in [0.2, 0.25) is 0 Å². The minimum Gasteiger partial charge on any atom is -0.368 e. The minimum absolute atomic E-state index is 0.297. The van der Waals surface area contributed by atoms with Crippen LogP contribution >= 0.6 is 0 Å². The first kappa shape index (κ1) is 18.4. The molecule has 30 heavy (non-hydrogen) atoms. The summed E-state index contributed by atoms with van der Waals surface area (Å²) >= 11 is 0. The molecule has 1 aliphatic rings. The first-order valence-corrected chi connectivity index (χ1v) is 10.1. The van der Waals surface area contributed by atoms with E-state index in [1.807, 2.05) is 71.4 Å². The Hall–Kier alpha value is -3.68. The summed E-state index contributed by atoms with van der Waals surface area (Å²) in [5, 5.41) is 4.38. The van der Waals surface area contributed by atoms with Crippen LogP contribution in [0.1, 0.15) is 13.3 Å². The summed E-state index contributed by atoms with van der Waals surface area (Å²) in [6.45, 7) is 3.11. The number of rotatable bonds is 4. The van der Waals surface area contributed by atoms with Gasteiger partial charge in [0.25, 0.3) is 0 Å². The summed E-state index contributed by atoms with van der Waals surface area (Å²) < 4.78 is 3.76. The maximum Gasteiger partial charge on any atom is 0.237 e. The van der Waals surface area contributed by atoms with Crippen LogP contribution < -0.4 is 9.80 Å². The molecule has 0 saturated heterocycles.